The largest absolute Gasteiger partial charge is 0.469 e. The van der Waals surface area contributed by atoms with Crippen LogP contribution in [0.3, 0.4) is 0 Å². The maximum Gasteiger partial charge on any atom is 0.272 e. The van der Waals surface area contributed by atoms with Gasteiger partial charge in [0.25, 0.3) is 12.3 Å². The second-order valence-electron chi connectivity index (χ2n) is 2.45. The van der Waals surface area contributed by atoms with Crippen molar-refractivity contribution in [3.05, 3.63) is 6.20 Å². The van der Waals surface area contributed by atoms with Gasteiger partial charge in [0.1, 0.15) is 5.69 Å². The summed E-state index contributed by atoms with van der Waals surface area (Å²) >= 11 is 0. The Morgan fingerprint density at radius 3 is 2.71 bits per heavy atom. The predicted molar refractivity (Wildman–Crippen MR) is 51.1 cm³/mol. The number of nitrogen functional groups attached to an aromatic ring is 1. The van der Waals surface area contributed by atoms with Crippen LogP contribution in [0, 0.1) is 0 Å². The number of hydrogen-bond acceptors (Lipinski definition) is 3. The molecule has 0 saturated carbocycles. The number of nitrogens with two attached hydrogens (primary N) is 1. The third-order valence-corrected chi connectivity index (χ3v) is 1.42. The third-order valence-electron chi connectivity index (χ3n) is 1.42. The molecule has 0 fully saturated rings. The number of aromatic nitrogens is 2. The summed E-state index contributed by atoms with van der Waals surface area (Å²) in [6, 6.07) is 0. The number of alkyl halides is 2. The molecule has 82 valence electrons. The molecule has 4 nitrogen and oxygen atoms in total. The Bertz CT molecular complexity index is 280. The molecule has 0 radical (unpaired) electrons. The van der Waals surface area contributed by atoms with Crippen molar-refractivity contribution < 1.29 is 13.5 Å². The zero-order valence-corrected chi connectivity index (χ0v) is 8.43. The van der Waals surface area contributed by atoms with Crippen molar-refractivity contribution in [1.82, 2.24) is 9.78 Å². The molecule has 1 heterocycles. The normalized spacial score (nSPS) is 10.0. The van der Waals surface area contributed by atoms with Crippen LogP contribution in [0.5, 0.6) is 5.88 Å². The molecule has 0 aliphatic carbocycles. The maximum absolute atomic E-state index is 11.7. The quantitative estimate of drug-likeness (QED) is 0.849. The average Bonchev–Trinajstić information content (AvgIpc) is 2.43. The van der Waals surface area contributed by atoms with Gasteiger partial charge in [-0.25, -0.2) is 8.78 Å². The summed E-state index contributed by atoms with van der Waals surface area (Å²) in [7, 11) is 0. The van der Waals surface area contributed by atoms with Gasteiger partial charge in [-0.3, -0.25) is 4.68 Å². The van der Waals surface area contributed by atoms with E-state index in [4.69, 9.17) is 5.73 Å². The van der Waals surface area contributed by atoms with E-state index in [0.717, 1.165) is 0 Å². The molecule has 1 aromatic heterocycles. The van der Waals surface area contributed by atoms with Gasteiger partial charge in [0.05, 0.1) is 6.20 Å². The first-order chi connectivity index (χ1) is 6.13. The van der Waals surface area contributed by atoms with Gasteiger partial charge in [-0.15, -0.1) is 17.5 Å². The molecule has 0 aliphatic heterocycles. The third kappa shape index (κ3) is 3.37. The highest BCUT2D eigenvalue weighted by molar-refractivity contribution is 5.85. The molecular formula is C7H12ClF2N3O. The fourth-order valence-corrected chi connectivity index (χ4v) is 0.835. The van der Waals surface area contributed by atoms with E-state index in [2.05, 4.69) is 9.84 Å². The first kappa shape index (κ1) is 13.0. The number of rotatable bonds is 4. The molecular weight excluding hydrogens is 216 g/mol. The van der Waals surface area contributed by atoms with Crippen LogP contribution in [-0.2, 0) is 6.54 Å². The Labute approximate surface area is 86.4 Å². The van der Waals surface area contributed by atoms with Crippen molar-refractivity contribution in [2.45, 2.75) is 19.9 Å². The second kappa shape index (κ2) is 5.64. The number of ether oxygens (including phenoxy) is 1. The van der Waals surface area contributed by atoms with Crippen molar-refractivity contribution in [2.75, 3.05) is 12.3 Å². The van der Waals surface area contributed by atoms with Crippen LogP contribution < -0.4 is 10.5 Å². The molecule has 0 unspecified atom stereocenters. The van der Waals surface area contributed by atoms with Gasteiger partial charge < -0.3 is 10.5 Å². The van der Waals surface area contributed by atoms with Gasteiger partial charge in [-0.05, 0) is 6.92 Å². The minimum atomic E-state index is -2.51. The summed E-state index contributed by atoms with van der Waals surface area (Å²) < 4.78 is 29.7. The summed E-state index contributed by atoms with van der Waals surface area (Å²) in [4.78, 5) is 0. The molecule has 0 spiro atoms. The molecule has 14 heavy (non-hydrogen) atoms. The lowest BCUT2D eigenvalue weighted by Gasteiger charge is -2.01. The van der Waals surface area contributed by atoms with Gasteiger partial charge in [0.2, 0.25) is 0 Å². The molecule has 0 amide bonds. The van der Waals surface area contributed by atoms with Crippen molar-refractivity contribution >= 4 is 18.1 Å². The fraction of sp³-hybridized carbons (Fsp3) is 0.571. The number of nitrogens with zero attached hydrogens (tertiary/aromatic N) is 2. The molecule has 0 atom stereocenters. The first-order valence-corrected chi connectivity index (χ1v) is 3.87. The number of halogens is 3. The standard InChI is InChI=1S/C7H11F2N3O.ClH/c1-2-12-3-5(10)7(11-12)13-4-6(8)9;/h3,6H,2,4,10H2,1H3;1H. The minimum absolute atomic E-state index is 0. The molecule has 2 N–H and O–H groups in total. The molecule has 1 rings (SSSR count). The van der Waals surface area contributed by atoms with Crippen LogP contribution in [-0.4, -0.2) is 22.8 Å². The van der Waals surface area contributed by atoms with Gasteiger partial charge in [0.15, 0.2) is 6.61 Å². The Morgan fingerprint density at radius 2 is 2.29 bits per heavy atom. The Hall–Kier alpha value is -1.04. The average molecular weight is 228 g/mol. The number of aryl methyl sites for hydroxylation is 1. The fourth-order valence-electron chi connectivity index (χ4n) is 0.835. The van der Waals surface area contributed by atoms with E-state index in [1.807, 2.05) is 6.92 Å². The van der Waals surface area contributed by atoms with E-state index in [0.29, 0.717) is 6.54 Å². The lowest BCUT2D eigenvalue weighted by molar-refractivity contribution is 0.0796. The Balaban J connectivity index is 0.00000169. The van der Waals surface area contributed by atoms with Crippen LogP contribution >= 0.6 is 12.4 Å². The highest BCUT2D eigenvalue weighted by atomic mass is 35.5. The van der Waals surface area contributed by atoms with Crippen molar-refractivity contribution in [2.24, 2.45) is 0 Å². The Kier molecular flexibility index (Phi) is 5.22. The molecule has 7 heteroatoms. The summed E-state index contributed by atoms with van der Waals surface area (Å²) in [5.41, 5.74) is 5.73. The summed E-state index contributed by atoms with van der Waals surface area (Å²) in [5.74, 6) is 0.0714. The topological polar surface area (TPSA) is 53.1 Å². The molecule has 0 aromatic carbocycles. The van der Waals surface area contributed by atoms with E-state index >= 15 is 0 Å². The summed E-state index contributed by atoms with van der Waals surface area (Å²) in [5, 5.41) is 3.84. The van der Waals surface area contributed by atoms with Crippen molar-refractivity contribution in [1.29, 1.82) is 0 Å². The van der Waals surface area contributed by atoms with E-state index in [1.165, 1.54) is 4.68 Å². The van der Waals surface area contributed by atoms with Gasteiger partial charge in [-0.2, -0.15) is 0 Å². The lowest BCUT2D eigenvalue weighted by Crippen LogP contribution is -2.08. The molecule has 0 aliphatic rings. The molecule has 0 bridgehead atoms. The van der Waals surface area contributed by atoms with Crippen LogP contribution in [0.15, 0.2) is 6.20 Å². The van der Waals surface area contributed by atoms with Gasteiger partial charge in [-0.1, -0.05) is 0 Å². The highest BCUT2D eigenvalue weighted by Gasteiger charge is 2.09. The van der Waals surface area contributed by atoms with Gasteiger partial charge in [0, 0.05) is 6.54 Å². The van der Waals surface area contributed by atoms with Crippen LogP contribution in [0.2, 0.25) is 0 Å². The number of anilines is 1. The molecule has 0 saturated heterocycles. The van der Waals surface area contributed by atoms with E-state index in [1.54, 1.807) is 6.20 Å². The van der Waals surface area contributed by atoms with Gasteiger partial charge >= 0.3 is 0 Å². The maximum atomic E-state index is 11.7. The monoisotopic (exact) mass is 227 g/mol. The van der Waals surface area contributed by atoms with E-state index in [-0.39, 0.29) is 24.0 Å². The zero-order chi connectivity index (χ0) is 9.84. The zero-order valence-electron chi connectivity index (χ0n) is 7.61. The lowest BCUT2D eigenvalue weighted by atomic mass is 10.5. The van der Waals surface area contributed by atoms with E-state index in [9.17, 15) is 8.78 Å². The van der Waals surface area contributed by atoms with Crippen LogP contribution in [0.25, 0.3) is 0 Å². The van der Waals surface area contributed by atoms with E-state index < -0.39 is 13.0 Å². The predicted octanol–water partition coefficient (Wildman–Crippen LogP) is 1.55. The summed E-state index contributed by atoms with van der Waals surface area (Å²) in [6.07, 6.45) is -0.966. The van der Waals surface area contributed by atoms with Crippen molar-refractivity contribution in [3.63, 3.8) is 0 Å². The number of hydrogen-bond donors (Lipinski definition) is 1. The van der Waals surface area contributed by atoms with Crippen molar-refractivity contribution in [3.8, 4) is 5.88 Å². The first-order valence-electron chi connectivity index (χ1n) is 3.87. The molecule has 1 aromatic rings. The second-order valence-corrected chi connectivity index (χ2v) is 2.45. The minimum Gasteiger partial charge on any atom is -0.469 e. The SMILES string of the molecule is CCn1cc(N)c(OCC(F)F)n1.Cl. The smallest absolute Gasteiger partial charge is 0.272 e. The Morgan fingerprint density at radius 1 is 1.64 bits per heavy atom. The summed E-state index contributed by atoms with van der Waals surface area (Å²) in [6.45, 7) is 1.82. The van der Waals surface area contributed by atoms with Crippen LogP contribution in [0.1, 0.15) is 6.92 Å². The van der Waals surface area contributed by atoms with Crippen LogP contribution in [0.4, 0.5) is 14.5 Å². The highest BCUT2D eigenvalue weighted by Crippen LogP contribution is 2.18.